The summed E-state index contributed by atoms with van der Waals surface area (Å²) in [5.41, 5.74) is 1.99. The highest BCUT2D eigenvalue weighted by Crippen LogP contribution is 2.28. The fraction of sp³-hybridized carbons (Fsp3) is 0.381. The molecule has 0 saturated heterocycles. The van der Waals surface area contributed by atoms with Gasteiger partial charge in [-0.1, -0.05) is 50.2 Å². The van der Waals surface area contributed by atoms with Gasteiger partial charge in [0.2, 0.25) is 5.91 Å². The highest BCUT2D eigenvalue weighted by Gasteiger charge is 2.08. The van der Waals surface area contributed by atoms with Crippen molar-refractivity contribution < 1.29 is 14.3 Å². The molecule has 1 N–H and O–H groups in total. The van der Waals surface area contributed by atoms with Gasteiger partial charge in [0.1, 0.15) is 0 Å². The molecule has 0 bridgehead atoms. The molecule has 25 heavy (non-hydrogen) atoms. The summed E-state index contributed by atoms with van der Waals surface area (Å²) in [6.07, 6.45) is 1.38. The third-order valence-corrected chi connectivity index (χ3v) is 3.88. The van der Waals surface area contributed by atoms with Gasteiger partial charge >= 0.3 is 0 Å². The Bertz CT molecular complexity index is 668. The topological polar surface area (TPSA) is 47.6 Å². The zero-order valence-corrected chi connectivity index (χ0v) is 15.2. The van der Waals surface area contributed by atoms with E-state index in [2.05, 4.69) is 19.2 Å². The summed E-state index contributed by atoms with van der Waals surface area (Å²) >= 11 is 0. The van der Waals surface area contributed by atoms with E-state index >= 15 is 0 Å². The molecule has 0 spiro atoms. The number of nitrogens with one attached hydrogen (secondary N) is 1. The number of rotatable bonds is 9. The summed E-state index contributed by atoms with van der Waals surface area (Å²) in [4.78, 5) is 12.0. The maximum Gasteiger partial charge on any atom is 0.224 e. The number of methoxy groups -OCH3 is 1. The van der Waals surface area contributed by atoms with Gasteiger partial charge in [-0.2, -0.15) is 0 Å². The Hall–Kier alpha value is -2.49. The van der Waals surface area contributed by atoms with Crippen LogP contribution in [-0.2, 0) is 17.8 Å². The van der Waals surface area contributed by atoms with Gasteiger partial charge in [0, 0.05) is 6.54 Å². The SMILES string of the molecule is COc1cc(CNC(=O)Cc2ccccc2)ccc1OCCC(C)C. The van der Waals surface area contributed by atoms with E-state index in [1.807, 2.05) is 48.5 Å². The molecular weight excluding hydrogens is 314 g/mol. The molecule has 0 radical (unpaired) electrons. The fourth-order valence-electron chi connectivity index (χ4n) is 2.39. The maximum absolute atomic E-state index is 12.0. The molecule has 0 saturated carbocycles. The van der Waals surface area contributed by atoms with E-state index in [9.17, 15) is 4.79 Å². The van der Waals surface area contributed by atoms with E-state index in [1.165, 1.54) is 0 Å². The second-order valence-corrected chi connectivity index (χ2v) is 6.46. The first-order valence-electron chi connectivity index (χ1n) is 8.69. The van der Waals surface area contributed by atoms with Crippen molar-refractivity contribution in [3.8, 4) is 11.5 Å². The number of carbonyl (C=O) groups excluding carboxylic acids is 1. The highest BCUT2D eigenvalue weighted by molar-refractivity contribution is 5.78. The zero-order valence-electron chi connectivity index (χ0n) is 15.2. The van der Waals surface area contributed by atoms with E-state index in [0.29, 0.717) is 31.2 Å². The second kappa shape index (κ2) is 9.72. The van der Waals surface area contributed by atoms with Gasteiger partial charge in [-0.05, 0) is 35.6 Å². The van der Waals surface area contributed by atoms with E-state index < -0.39 is 0 Å². The zero-order chi connectivity index (χ0) is 18.1. The second-order valence-electron chi connectivity index (χ2n) is 6.46. The smallest absolute Gasteiger partial charge is 0.224 e. The average Bonchev–Trinajstić information content (AvgIpc) is 2.61. The third-order valence-electron chi connectivity index (χ3n) is 3.88. The van der Waals surface area contributed by atoms with E-state index in [1.54, 1.807) is 7.11 Å². The number of hydrogen-bond acceptors (Lipinski definition) is 3. The first-order chi connectivity index (χ1) is 12.1. The number of carbonyl (C=O) groups is 1. The highest BCUT2D eigenvalue weighted by atomic mass is 16.5. The summed E-state index contributed by atoms with van der Waals surface area (Å²) in [7, 11) is 1.63. The monoisotopic (exact) mass is 341 g/mol. The van der Waals surface area contributed by atoms with Gasteiger partial charge in [-0.15, -0.1) is 0 Å². The molecule has 4 nitrogen and oxygen atoms in total. The Balaban J connectivity index is 1.88. The number of amides is 1. The van der Waals surface area contributed by atoms with Crippen LogP contribution in [-0.4, -0.2) is 19.6 Å². The van der Waals surface area contributed by atoms with Crippen molar-refractivity contribution in [1.29, 1.82) is 0 Å². The minimum atomic E-state index is 0.00225. The molecule has 0 aliphatic rings. The quantitative estimate of drug-likeness (QED) is 0.750. The van der Waals surface area contributed by atoms with Crippen LogP contribution in [0.25, 0.3) is 0 Å². The van der Waals surface area contributed by atoms with E-state index in [-0.39, 0.29) is 5.91 Å². The molecule has 2 aromatic carbocycles. The van der Waals surface area contributed by atoms with Crippen LogP contribution < -0.4 is 14.8 Å². The normalized spacial score (nSPS) is 10.6. The van der Waals surface area contributed by atoms with Crippen LogP contribution in [0.4, 0.5) is 0 Å². The molecule has 4 heteroatoms. The number of benzene rings is 2. The summed E-state index contributed by atoms with van der Waals surface area (Å²) < 4.78 is 11.2. The van der Waals surface area contributed by atoms with Crippen molar-refractivity contribution in [3.63, 3.8) is 0 Å². The predicted molar refractivity (Wildman–Crippen MR) is 99.9 cm³/mol. The molecule has 2 rings (SSSR count). The lowest BCUT2D eigenvalue weighted by atomic mass is 10.1. The molecule has 0 fully saturated rings. The van der Waals surface area contributed by atoms with Gasteiger partial charge in [-0.3, -0.25) is 4.79 Å². The largest absolute Gasteiger partial charge is 0.493 e. The molecular formula is C21H27NO3. The molecule has 0 aliphatic heterocycles. The van der Waals surface area contributed by atoms with Crippen molar-refractivity contribution in [2.45, 2.75) is 33.2 Å². The van der Waals surface area contributed by atoms with Crippen LogP contribution in [0.15, 0.2) is 48.5 Å². The Kier molecular flexibility index (Phi) is 7.33. The lowest BCUT2D eigenvalue weighted by Gasteiger charge is -2.13. The molecule has 0 heterocycles. The summed E-state index contributed by atoms with van der Waals surface area (Å²) in [6, 6.07) is 15.5. The lowest BCUT2D eigenvalue weighted by Crippen LogP contribution is -2.24. The molecule has 2 aromatic rings. The minimum absolute atomic E-state index is 0.00225. The van der Waals surface area contributed by atoms with Crippen molar-refractivity contribution in [2.75, 3.05) is 13.7 Å². The van der Waals surface area contributed by atoms with Crippen molar-refractivity contribution in [2.24, 2.45) is 5.92 Å². The fourth-order valence-corrected chi connectivity index (χ4v) is 2.39. The van der Waals surface area contributed by atoms with Crippen molar-refractivity contribution >= 4 is 5.91 Å². The minimum Gasteiger partial charge on any atom is -0.493 e. The van der Waals surface area contributed by atoms with Gasteiger partial charge in [0.15, 0.2) is 11.5 Å². The van der Waals surface area contributed by atoms with Crippen LogP contribution >= 0.6 is 0 Å². The van der Waals surface area contributed by atoms with Gasteiger partial charge in [0.05, 0.1) is 20.1 Å². The van der Waals surface area contributed by atoms with Crippen LogP contribution in [0.2, 0.25) is 0 Å². The number of hydrogen-bond donors (Lipinski definition) is 1. The van der Waals surface area contributed by atoms with Crippen LogP contribution in [0.1, 0.15) is 31.4 Å². The Morgan fingerprint density at radius 3 is 2.48 bits per heavy atom. The van der Waals surface area contributed by atoms with Crippen molar-refractivity contribution in [1.82, 2.24) is 5.32 Å². The maximum atomic E-state index is 12.0. The Labute approximate surface area is 150 Å². The molecule has 1 amide bonds. The first-order valence-corrected chi connectivity index (χ1v) is 8.69. The number of ether oxygens (including phenoxy) is 2. The van der Waals surface area contributed by atoms with Crippen molar-refractivity contribution in [3.05, 3.63) is 59.7 Å². The van der Waals surface area contributed by atoms with Gasteiger partial charge in [0.25, 0.3) is 0 Å². The summed E-state index contributed by atoms with van der Waals surface area (Å²) in [6.45, 7) is 5.47. The summed E-state index contributed by atoms with van der Waals surface area (Å²) in [5, 5.41) is 2.94. The summed E-state index contributed by atoms with van der Waals surface area (Å²) in [5.74, 6) is 2.04. The Morgan fingerprint density at radius 1 is 1.04 bits per heavy atom. The molecule has 0 unspecified atom stereocenters. The van der Waals surface area contributed by atoms with Crippen LogP contribution in [0, 0.1) is 5.92 Å². The van der Waals surface area contributed by atoms with E-state index in [4.69, 9.17) is 9.47 Å². The van der Waals surface area contributed by atoms with Gasteiger partial charge in [-0.25, -0.2) is 0 Å². The standard InChI is InChI=1S/C21H27NO3/c1-16(2)11-12-25-19-10-9-18(13-20(19)24-3)15-22-21(23)14-17-7-5-4-6-8-17/h4-10,13,16H,11-12,14-15H2,1-3H3,(H,22,23). The van der Waals surface area contributed by atoms with Gasteiger partial charge < -0.3 is 14.8 Å². The molecule has 0 aromatic heterocycles. The van der Waals surface area contributed by atoms with Crippen LogP contribution in [0.3, 0.4) is 0 Å². The van der Waals surface area contributed by atoms with E-state index in [0.717, 1.165) is 23.3 Å². The predicted octanol–water partition coefficient (Wildman–Crippen LogP) is 3.98. The van der Waals surface area contributed by atoms with Crippen LogP contribution in [0.5, 0.6) is 11.5 Å². The molecule has 0 atom stereocenters. The Morgan fingerprint density at radius 2 is 1.80 bits per heavy atom. The molecule has 0 aliphatic carbocycles. The third kappa shape index (κ3) is 6.49. The first kappa shape index (κ1) is 18.8. The molecule has 134 valence electrons. The lowest BCUT2D eigenvalue weighted by molar-refractivity contribution is -0.120. The average molecular weight is 341 g/mol.